The van der Waals surface area contributed by atoms with Crippen molar-refractivity contribution in [1.82, 2.24) is 19.4 Å². The van der Waals surface area contributed by atoms with E-state index in [1.807, 2.05) is 46.6 Å². The van der Waals surface area contributed by atoms with Crippen LogP contribution in [0.1, 0.15) is 87.5 Å². The molecule has 1 saturated carbocycles. The van der Waals surface area contributed by atoms with Crippen LogP contribution >= 0.6 is 0 Å². The number of benzene rings is 1. The van der Waals surface area contributed by atoms with Gasteiger partial charge in [-0.05, 0) is 51.1 Å². The fraction of sp³-hybridized carbons (Fsp3) is 0.586. The molecule has 1 N–H and O–H groups in total. The lowest BCUT2D eigenvalue weighted by atomic mass is 9.95. The van der Waals surface area contributed by atoms with Crippen LogP contribution in [0.15, 0.2) is 35.3 Å². The van der Waals surface area contributed by atoms with Crippen molar-refractivity contribution >= 4 is 27.7 Å². The maximum absolute atomic E-state index is 13.7. The van der Waals surface area contributed by atoms with Gasteiger partial charge in [-0.2, -0.15) is 0 Å². The topological polar surface area (TPSA) is 59.3 Å². The number of aromatic nitrogens is 2. The molecule has 0 unspecified atom stereocenters. The molecule has 2 aliphatic rings. The van der Waals surface area contributed by atoms with Gasteiger partial charge in [-0.3, -0.25) is 9.59 Å². The van der Waals surface area contributed by atoms with Crippen molar-refractivity contribution < 1.29 is 4.79 Å². The summed E-state index contributed by atoms with van der Waals surface area (Å²) < 4.78 is 3.85. The van der Waals surface area contributed by atoms with Crippen LogP contribution < -0.4 is 10.9 Å². The number of nitrogens with one attached hydrogen (secondary N) is 1. The van der Waals surface area contributed by atoms with Crippen LogP contribution in [0.5, 0.6) is 0 Å². The average Bonchev–Trinajstić information content (AvgIpc) is 3.20. The van der Waals surface area contributed by atoms with Crippen LogP contribution in [0.2, 0.25) is 0 Å². The molecule has 1 atom stereocenters. The minimum Gasteiger partial charge on any atom is -0.352 e. The number of para-hydroxylation sites is 1. The van der Waals surface area contributed by atoms with Crippen molar-refractivity contribution in [3.63, 3.8) is 0 Å². The zero-order valence-corrected chi connectivity index (χ0v) is 21.4. The van der Waals surface area contributed by atoms with Gasteiger partial charge >= 0.3 is 0 Å². The highest BCUT2D eigenvalue weighted by Gasteiger charge is 2.25. The van der Waals surface area contributed by atoms with E-state index in [2.05, 4.69) is 17.1 Å². The summed E-state index contributed by atoms with van der Waals surface area (Å²) in [5.74, 6) is -0.0680. The molecule has 1 amide bonds. The Balaban J connectivity index is 1.44. The monoisotopic (exact) mass is 476 g/mol. The molecule has 1 aromatic carbocycles. The Kier molecular flexibility index (Phi) is 7.28. The molecular formula is C29H40N4O2. The van der Waals surface area contributed by atoms with Crippen LogP contribution in [0, 0.1) is 0 Å². The highest BCUT2D eigenvalue weighted by molar-refractivity contribution is 6.17. The average molecular weight is 477 g/mol. The fourth-order valence-electron chi connectivity index (χ4n) is 6.50. The quantitative estimate of drug-likeness (QED) is 0.466. The van der Waals surface area contributed by atoms with Gasteiger partial charge in [0, 0.05) is 54.7 Å². The van der Waals surface area contributed by atoms with Gasteiger partial charge in [0.25, 0.3) is 11.5 Å². The molecule has 1 saturated heterocycles. The van der Waals surface area contributed by atoms with Gasteiger partial charge in [0.2, 0.25) is 0 Å². The first kappa shape index (κ1) is 24.1. The Morgan fingerprint density at radius 2 is 1.83 bits per heavy atom. The predicted octanol–water partition coefficient (Wildman–Crippen LogP) is 5.38. The predicted molar refractivity (Wildman–Crippen MR) is 143 cm³/mol. The van der Waals surface area contributed by atoms with E-state index in [1.165, 1.54) is 38.6 Å². The summed E-state index contributed by atoms with van der Waals surface area (Å²) in [6.07, 6.45) is 13.4. The third-order valence-electron chi connectivity index (χ3n) is 8.42. The first-order chi connectivity index (χ1) is 17.1. The van der Waals surface area contributed by atoms with E-state index in [0.717, 1.165) is 54.9 Å². The zero-order valence-electron chi connectivity index (χ0n) is 21.4. The maximum Gasteiger partial charge on any atom is 0.275 e. The molecule has 6 nitrogen and oxygen atoms in total. The lowest BCUT2D eigenvalue weighted by Crippen LogP contribution is -2.40. The number of fused-ring (bicyclic) bond motifs is 3. The number of hydrogen-bond acceptors (Lipinski definition) is 3. The van der Waals surface area contributed by atoms with Crippen molar-refractivity contribution in [3.8, 4) is 0 Å². The molecule has 0 spiro atoms. The normalized spacial score (nSPS) is 20.0. The van der Waals surface area contributed by atoms with E-state index < -0.39 is 0 Å². The second kappa shape index (κ2) is 10.6. The fourth-order valence-corrected chi connectivity index (χ4v) is 6.50. The van der Waals surface area contributed by atoms with E-state index in [0.29, 0.717) is 23.7 Å². The van der Waals surface area contributed by atoms with Crippen molar-refractivity contribution in [2.75, 3.05) is 19.6 Å². The van der Waals surface area contributed by atoms with Gasteiger partial charge < -0.3 is 19.4 Å². The van der Waals surface area contributed by atoms with Crippen LogP contribution in [-0.4, -0.2) is 45.6 Å². The summed E-state index contributed by atoms with van der Waals surface area (Å²) in [4.78, 5) is 29.9. The van der Waals surface area contributed by atoms with Crippen molar-refractivity contribution in [2.24, 2.45) is 7.05 Å². The molecule has 0 radical (unpaired) electrons. The van der Waals surface area contributed by atoms with Gasteiger partial charge in [0.15, 0.2) is 0 Å². The molecule has 3 aromatic rings. The number of rotatable bonds is 7. The number of pyridine rings is 1. The van der Waals surface area contributed by atoms with E-state index in [1.54, 1.807) is 0 Å². The van der Waals surface area contributed by atoms with Gasteiger partial charge in [-0.15, -0.1) is 0 Å². The van der Waals surface area contributed by atoms with Crippen molar-refractivity contribution in [2.45, 2.75) is 83.2 Å². The number of likely N-dealkylation sites (tertiary alicyclic amines) is 1. The highest BCUT2D eigenvalue weighted by Crippen LogP contribution is 2.32. The number of hydrogen-bond donors (Lipinski definition) is 1. The molecule has 2 aromatic heterocycles. The smallest absolute Gasteiger partial charge is 0.275 e. The molecule has 2 fully saturated rings. The number of carbonyl (C=O) groups is 1. The third-order valence-corrected chi connectivity index (χ3v) is 8.42. The first-order valence-electron chi connectivity index (χ1n) is 13.7. The summed E-state index contributed by atoms with van der Waals surface area (Å²) in [6.45, 7) is 5.14. The summed E-state index contributed by atoms with van der Waals surface area (Å²) in [5, 5.41) is 4.96. The minimum absolute atomic E-state index is 0.0258. The molecule has 1 aliphatic heterocycles. The van der Waals surface area contributed by atoms with Gasteiger partial charge in [-0.1, -0.05) is 50.8 Å². The van der Waals surface area contributed by atoms with Gasteiger partial charge in [-0.25, -0.2) is 0 Å². The molecule has 1 aliphatic carbocycles. The second-order valence-electron chi connectivity index (χ2n) is 10.6. The molecule has 0 bridgehead atoms. The Morgan fingerprint density at radius 3 is 2.63 bits per heavy atom. The largest absolute Gasteiger partial charge is 0.352 e. The van der Waals surface area contributed by atoms with E-state index in [-0.39, 0.29) is 17.5 Å². The Labute approximate surface area is 208 Å². The first-order valence-corrected chi connectivity index (χ1v) is 13.7. The zero-order chi connectivity index (χ0) is 24.4. The Morgan fingerprint density at radius 1 is 1.06 bits per heavy atom. The van der Waals surface area contributed by atoms with Crippen molar-refractivity contribution in [1.29, 1.82) is 0 Å². The highest BCUT2D eigenvalue weighted by atomic mass is 16.2. The number of nitrogens with zero attached hydrogens (tertiary/aromatic N) is 3. The Bertz CT molecular complexity index is 1250. The summed E-state index contributed by atoms with van der Waals surface area (Å²) in [7, 11) is 1.95. The Hall–Kier alpha value is -2.60. The lowest BCUT2D eigenvalue weighted by Gasteiger charge is -2.35. The molecule has 35 heavy (non-hydrogen) atoms. The number of aryl methyl sites for hydroxylation is 1. The second-order valence-corrected chi connectivity index (χ2v) is 10.6. The van der Waals surface area contributed by atoms with Crippen LogP contribution in [0.25, 0.3) is 21.8 Å². The van der Waals surface area contributed by atoms with Gasteiger partial charge in [0.05, 0.1) is 5.56 Å². The summed E-state index contributed by atoms with van der Waals surface area (Å²) in [5.41, 5.74) is 2.29. The van der Waals surface area contributed by atoms with Crippen LogP contribution in [0.3, 0.4) is 0 Å². The number of amides is 1. The van der Waals surface area contributed by atoms with E-state index in [9.17, 15) is 9.59 Å². The van der Waals surface area contributed by atoms with Crippen LogP contribution in [0.4, 0.5) is 0 Å². The van der Waals surface area contributed by atoms with E-state index in [4.69, 9.17) is 0 Å². The number of carbonyl (C=O) groups excluding carboxylic acids is 1. The van der Waals surface area contributed by atoms with Gasteiger partial charge in [0.1, 0.15) is 5.52 Å². The maximum atomic E-state index is 13.7. The molecule has 188 valence electrons. The number of piperidine rings is 1. The molecule has 3 heterocycles. The molecule has 6 heteroatoms. The minimum atomic E-state index is -0.0680. The molecular weight excluding hydrogens is 436 g/mol. The van der Waals surface area contributed by atoms with Crippen molar-refractivity contribution in [3.05, 3.63) is 46.4 Å². The lowest BCUT2D eigenvalue weighted by molar-refractivity contribution is 0.0948. The third kappa shape index (κ3) is 4.65. The summed E-state index contributed by atoms with van der Waals surface area (Å²) in [6, 6.07) is 8.90. The standard InChI is InChI=1S/C29H40N4O2/c1-3-21-12-9-10-18-32(21)19-11-17-30-28(34)24-20-33(22-13-5-4-6-14-22)29(35)27-26(24)23-15-7-8-16-25(23)31(27)2/h7-8,15-16,20-22H,3-6,9-14,17-19H2,1-2H3,(H,30,34)/t21-/m1/s1. The van der Waals surface area contributed by atoms with E-state index >= 15 is 0 Å². The summed E-state index contributed by atoms with van der Waals surface area (Å²) >= 11 is 0. The van der Waals surface area contributed by atoms with Crippen LogP contribution in [-0.2, 0) is 7.05 Å². The molecule has 5 rings (SSSR count). The SMILES string of the molecule is CC[C@@H]1CCCCN1CCCNC(=O)c1cn(C2CCCCC2)c(=O)c2c1c1ccccc1n2C.